The maximum atomic E-state index is 13.7. The normalized spacial score (nSPS) is 24.0. The molecule has 2 saturated heterocycles. The third kappa shape index (κ3) is 3.54. The maximum absolute atomic E-state index is 13.7. The number of morpholine rings is 1. The molecule has 5 rings (SSSR count). The number of thiophene rings is 1. The molecule has 1 atom stereocenters. The van der Waals surface area contributed by atoms with Gasteiger partial charge in [0, 0.05) is 36.8 Å². The van der Waals surface area contributed by atoms with Crippen LogP contribution in [0.2, 0.25) is 0 Å². The number of rotatable bonds is 2. The van der Waals surface area contributed by atoms with Crippen LogP contribution >= 0.6 is 11.3 Å². The third-order valence-electron chi connectivity index (χ3n) is 7.30. The molecule has 6 heteroatoms. The summed E-state index contributed by atoms with van der Waals surface area (Å²) in [5.41, 5.74) is 1.33. The molecule has 1 saturated carbocycles. The van der Waals surface area contributed by atoms with Gasteiger partial charge in [-0.3, -0.25) is 9.59 Å². The number of carbonyl (C=O) groups is 2. The van der Waals surface area contributed by atoms with Gasteiger partial charge in [-0.2, -0.15) is 0 Å². The molecule has 0 unspecified atom stereocenters. The number of ether oxygens (including phenoxy) is 1. The Bertz CT molecular complexity index is 963. The average molecular weight is 427 g/mol. The van der Waals surface area contributed by atoms with E-state index in [2.05, 4.69) is 17.0 Å². The minimum Gasteiger partial charge on any atom is -0.370 e. The van der Waals surface area contributed by atoms with Gasteiger partial charge in [-0.25, -0.2) is 0 Å². The SMILES string of the molecule is CC(=O)N1CCO[C@H](c2c(C(=O)N3CCC4(CCCCC4)C3)sc3ccccc23)C1. The van der Waals surface area contributed by atoms with E-state index in [1.165, 1.54) is 32.1 Å². The molecule has 0 radical (unpaired) electrons. The van der Waals surface area contributed by atoms with Gasteiger partial charge in [0.25, 0.3) is 5.91 Å². The van der Waals surface area contributed by atoms with E-state index < -0.39 is 0 Å². The number of carbonyl (C=O) groups excluding carboxylic acids is 2. The second kappa shape index (κ2) is 7.97. The monoisotopic (exact) mass is 426 g/mol. The number of likely N-dealkylation sites (tertiary alicyclic amines) is 1. The van der Waals surface area contributed by atoms with Crippen LogP contribution in [0.4, 0.5) is 0 Å². The Morgan fingerprint density at radius 1 is 1.07 bits per heavy atom. The second-order valence-electron chi connectivity index (χ2n) is 9.20. The molecular formula is C24H30N2O3S. The summed E-state index contributed by atoms with van der Waals surface area (Å²) in [4.78, 5) is 30.4. The van der Waals surface area contributed by atoms with Gasteiger partial charge in [-0.15, -0.1) is 11.3 Å². The number of hydrogen-bond donors (Lipinski definition) is 0. The lowest BCUT2D eigenvalue weighted by atomic mass is 9.73. The topological polar surface area (TPSA) is 49.9 Å². The van der Waals surface area contributed by atoms with E-state index in [1.807, 2.05) is 17.0 Å². The molecule has 1 aliphatic carbocycles. The minimum absolute atomic E-state index is 0.0643. The lowest BCUT2D eigenvalue weighted by Gasteiger charge is -2.34. The van der Waals surface area contributed by atoms with E-state index in [4.69, 9.17) is 4.74 Å². The van der Waals surface area contributed by atoms with Crippen molar-refractivity contribution in [3.63, 3.8) is 0 Å². The smallest absolute Gasteiger partial charge is 0.264 e. The molecule has 3 heterocycles. The minimum atomic E-state index is -0.246. The molecule has 1 spiro atoms. The summed E-state index contributed by atoms with van der Waals surface area (Å²) in [7, 11) is 0. The molecular weight excluding hydrogens is 396 g/mol. The third-order valence-corrected chi connectivity index (χ3v) is 8.48. The van der Waals surface area contributed by atoms with Crippen LogP contribution in [-0.4, -0.2) is 54.4 Å². The predicted molar refractivity (Wildman–Crippen MR) is 119 cm³/mol. The molecule has 0 bridgehead atoms. The molecule has 2 amide bonds. The van der Waals surface area contributed by atoms with E-state index in [-0.39, 0.29) is 17.9 Å². The van der Waals surface area contributed by atoms with E-state index in [0.717, 1.165) is 40.0 Å². The number of nitrogens with zero attached hydrogens (tertiary/aromatic N) is 2. The van der Waals surface area contributed by atoms with Gasteiger partial charge in [0.1, 0.15) is 6.10 Å². The van der Waals surface area contributed by atoms with Crippen molar-refractivity contribution in [3.8, 4) is 0 Å². The van der Waals surface area contributed by atoms with Gasteiger partial charge >= 0.3 is 0 Å². The molecule has 1 aromatic carbocycles. The fourth-order valence-corrected chi connectivity index (χ4v) is 6.84. The van der Waals surface area contributed by atoms with Gasteiger partial charge in [-0.1, -0.05) is 37.5 Å². The molecule has 1 aromatic heterocycles. The largest absolute Gasteiger partial charge is 0.370 e. The zero-order chi connectivity index (χ0) is 20.7. The summed E-state index contributed by atoms with van der Waals surface area (Å²) in [6.45, 7) is 5.00. The van der Waals surface area contributed by atoms with Crippen LogP contribution in [0.1, 0.15) is 66.8 Å². The van der Waals surface area contributed by atoms with E-state index in [1.54, 1.807) is 18.3 Å². The summed E-state index contributed by atoms with van der Waals surface area (Å²) >= 11 is 1.58. The fraction of sp³-hybridized carbons (Fsp3) is 0.583. The van der Waals surface area contributed by atoms with Crippen LogP contribution in [0, 0.1) is 5.41 Å². The molecule has 3 aliphatic rings. The van der Waals surface area contributed by atoms with Crippen molar-refractivity contribution in [2.45, 2.75) is 51.6 Å². The summed E-state index contributed by atoms with van der Waals surface area (Å²) in [6.07, 6.45) is 7.34. The first kappa shape index (κ1) is 20.0. The van der Waals surface area contributed by atoms with Crippen LogP contribution < -0.4 is 0 Å². The van der Waals surface area contributed by atoms with Crippen molar-refractivity contribution in [2.75, 3.05) is 32.8 Å². The standard InChI is InChI=1S/C24H30N2O3S/c1-17(27)25-13-14-29-19(15-25)21-18-7-3-4-8-20(18)30-22(21)23(28)26-12-11-24(16-26)9-5-2-6-10-24/h3-4,7-8,19H,2,5-6,9-16H2,1H3/t19-/m0/s1. The van der Waals surface area contributed by atoms with Crippen molar-refractivity contribution >= 4 is 33.2 Å². The highest BCUT2D eigenvalue weighted by atomic mass is 32.1. The Morgan fingerprint density at radius 2 is 1.87 bits per heavy atom. The van der Waals surface area contributed by atoms with Crippen LogP contribution in [0.15, 0.2) is 24.3 Å². The van der Waals surface area contributed by atoms with Gasteiger partial charge in [-0.05, 0) is 36.1 Å². The Labute approximate surface area is 182 Å². The van der Waals surface area contributed by atoms with Crippen molar-refractivity contribution in [1.82, 2.24) is 9.80 Å². The van der Waals surface area contributed by atoms with Crippen LogP contribution in [0.5, 0.6) is 0 Å². The second-order valence-corrected chi connectivity index (χ2v) is 10.3. The average Bonchev–Trinajstić information content (AvgIpc) is 3.36. The predicted octanol–water partition coefficient (Wildman–Crippen LogP) is 4.62. The summed E-state index contributed by atoms with van der Waals surface area (Å²) in [5, 5.41) is 1.09. The Morgan fingerprint density at radius 3 is 2.67 bits per heavy atom. The Balaban J connectivity index is 1.48. The number of fused-ring (bicyclic) bond motifs is 1. The number of amides is 2. The van der Waals surface area contributed by atoms with Gasteiger partial charge in [0.2, 0.25) is 5.91 Å². The van der Waals surface area contributed by atoms with Crippen molar-refractivity contribution < 1.29 is 14.3 Å². The molecule has 2 aromatic rings. The fourth-order valence-electron chi connectivity index (χ4n) is 5.62. The van der Waals surface area contributed by atoms with E-state index >= 15 is 0 Å². The number of hydrogen-bond acceptors (Lipinski definition) is 4. The molecule has 5 nitrogen and oxygen atoms in total. The Kier molecular flexibility index (Phi) is 5.31. The molecule has 2 aliphatic heterocycles. The van der Waals surface area contributed by atoms with E-state index in [0.29, 0.717) is 25.1 Å². The molecule has 30 heavy (non-hydrogen) atoms. The highest BCUT2D eigenvalue weighted by Crippen LogP contribution is 2.45. The van der Waals surface area contributed by atoms with E-state index in [9.17, 15) is 9.59 Å². The first-order valence-corrected chi connectivity index (χ1v) is 12.1. The Hall–Kier alpha value is -1.92. The quantitative estimate of drug-likeness (QED) is 0.704. The summed E-state index contributed by atoms with van der Waals surface area (Å²) in [5.74, 6) is 0.215. The van der Waals surface area contributed by atoms with Gasteiger partial charge in [0.05, 0.1) is 18.0 Å². The van der Waals surface area contributed by atoms with Gasteiger partial charge < -0.3 is 14.5 Å². The maximum Gasteiger partial charge on any atom is 0.264 e. The summed E-state index contributed by atoms with van der Waals surface area (Å²) in [6, 6.07) is 8.21. The summed E-state index contributed by atoms with van der Waals surface area (Å²) < 4.78 is 7.23. The molecule has 160 valence electrons. The van der Waals surface area contributed by atoms with Gasteiger partial charge in [0.15, 0.2) is 0 Å². The van der Waals surface area contributed by atoms with Crippen LogP contribution in [0.25, 0.3) is 10.1 Å². The highest BCUT2D eigenvalue weighted by molar-refractivity contribution is 7.21. The lowest BCUT2D eigenvalue weighted by Crippen LogP contribution is -2.41. The molecule has 0 N–H and O–H groups in total. The first-order chi connectivity index (χ1) is 14.6. The van der Waals surface area contributed by atoms with Crippen LogP contribution in [-0.2, 0) is 9.53 Å². The molecule has 3 fully saturated rings. The zero-order valence-electron chi connectivity index (χ0n) is 17.7. The van der Waals surface area contributed by atoms with Crippen molar-refractivity contribution in [2.24, 2.45) is 5.41 Å². The number of benzene rings is 1. The van der Waals surface area contributed by atoms with Crippen LogP contribution in [0.3, 0.4) is 0 Å². The highest BCUT2D eigenvalue weighted by Gasteiger charge is 2.42. The first-order valence-electron chi connectivity index (χ1n) is 11.2. The lowest BCUT2D eigenvalue weighted by molar-refractivity contribution is -0.136. The van der Waals surface area contributed by atoms with Crippen molar-refractivity contribution in [3.05, 3.63) is 34.7 Å². The van der Waals surface area contributed by atoms with Crippen molar-refractivity contribution in [1.29, 1.82) is 0 Å². The zero-order valence-corrected chi connectivity index (χ0v) is 18.5.